The van der Waals surface area contributed by atoms with Crippen molar-refractivity contribution >= 4 is 33.8 Å². The van der Waals surface area contributed by atoms with Crippen molar-refractivity contribution in [2.75, 3.05) is 30.5 Å². The fraction of sp³-hybridized carbons (Fsp3) is 0.381. The highest BCUT2D eigenvalue weighted by Gasteiger charge is 2.21. The summed E-state index contributed by atoms with van der Waals surface area (Å²) in [6.07, 6.45) is 4.51. The van der Waals surface area contributed by atoms with E-state index in [2.05, 4.69) is 10.4 Å². The number of nitrogens with one attached hydrogen (secondary N) is 1. The molecule has 0 atom stereocenters. The van der Waals surface area contributed by atoms with Gasteiger partial charge in [0.2, 0.25) is 5.91 Å². The van der Waals surface area contributed by atoms with E-state index in [1.54, 1.807) is 18.4 Å². The molecule has 1 aliphatic rings. The highest BCUT2D eigenvalue weighted by molar-refractivity contribution is 7.14. The summed E-state index contributed by atoms with van der Waals surface area (Å²) in [6, 6.07) is 8.05. The monoisotopic (exact) mass is 411 g/mol. The number of hydrogen-bond donors (Lipinski definition) is 1. The minimum Gasteiger partial charge on any atom is -0.385 e. The average molecular weight is 412 g/mol. The zero-order valence-electron chi connectivity index (χ0n) is 16.7. The van der Waals surface area contributed by atoms with Gasteiger partial charge in [-0.2, -0.15) is 5.10 Å². The first-order valence-electron chi connectivity index (χ1n) is 9.80. The molecule has 3 heterocycles. The highest BCUT2D eigenvalue weighted by atomic mass is 32.1. The fourth-order valence-electron chi connectivity index (χ4n) is 3.44. The van der Waals surface area contributed by atoms with Crippen molar-refractivity contribution in [1.29, 1.82) is 0 Å². The maximum atomic E-state index is 11.9. The van der Waals surface area contributed by atoms with Crippen LogP contribution in [0.1, 0.15) is 25.0 Å². The molecule has 3 aromatic rings. The number of anilines is 3. The van der Waals surface area contributed by atoms with Crippen LogP contribution in [-0.4, -0.2) is 40.9 Å². The Morgan fingerprint density at radius 2 is 2.10 bits per heavy atom. The summed E-state index contributed by atoms with van der Waals surface area (Å²) in [5.41, 5.74) is 4.82. The number of carbonyl (C=O) groups is 1. The molecule has 8 heteroatoms. The number of aromatic nitrogens is 3. The van der Waals surface area contributed by atoms with Crippen LogP contribution in [0, 0.1) is 6.92 Å². The highest BCUT2D eigenvalue weighted by Crippen LogP contribution is 2.30. The number of benzene rings is 1. The summed E-state index contributed by atoms with van der Waals surface area (Å²) < 4.78 is 7.03. The van der Waals surface area contributed by atoms with E-state index in [0.29, 0.717) is 6.42 Å². The summed E-state index contributed by atoms with van der Waals surface area (Å²) in [7, 11) is 1.71. The lowest BCUT2D eigenvalue weighted by molar-refractivity contribution is -0.117. The van der Waals surface area contributed by atoms with Crippen molar-refractivity contribution in [2.45, 2.75) is 32.7 Å². The average Bonchev–Trinajstić information content (AvgIpc) is 3.44. The minimum atomic E-state index is 0.205. The number of rotatable bonds is 8. The van der Waals surface area contributed by atoms with Crippen LogP contribution >= 0.6 is 11.3 Å². The number of carbonyl (C=O) groups excluding carboxylic acids is 1. The van der Waals surface area contributed by atoms with Crippen LogP contribution in [0.3, 0.4) is 0 Å². The lowest BCUT2D eigenvalue weighted by Gasteiger charge is -2.15. The number of thiazole rings is 1. The van der Waals surface area contributed by atoms with Crippen LogP contribution < -0.4 is 10.2 Å². The zero-order valence-corrected chi connectivity index (χ0v) is 17.5. The predicted molar refractivity (Wildman–Crippen MR) is 116 cm³/mol. The number of hydrogen-bond acceptors (Lipinski definition) is 6. The van der Waals surface area contributed by atoms with E-state index in [-0.39, 0.29) is 5.91 Å². The summed E-state index contributed by atoms with van der Waals surface area (Å²) in [6.45, 7) is 4.34. The normalized spacial score (nSPS) is 14.0. The van der Waals surface area contributed by atoms with E-state index in [4.69, 9.17) is 9.72 Å². The predicted octanol–water partition coefficient (Wildman–Crippen LogP) is 4.22. The molecular weight excluding hydrogens is 386 g/mol. The first kappa shape index (κ1) is 19.6. The Labute approximate surface area is 174 Å². The molecule has 0 bridgehead atoms. The Bertz CT molecular complexity index is 979. The minimum absolute atomic E-state index is 0.205. The first-order chi connectivity index (χ1) is 14.1. The molecular formula is C21H25N5O2S. The van der Waals surface area contributed by atoms with Crippen molar-refractivity contribution < 1.29 is 9.53 Å². The van der Waals surface area contributed by atoms with Gasteiger partial charge in [0.25, 0.3) is 0 Å². The van der Waals surface area contributed by atoms with Crippen LogP contribution in [0.2, 0.25) is 0 Å². The molecule has 0 spiro atoms. The Balaban J connectivity index is 1.43. The van der Waals surface area contributed by atoms with Gasteiger partial charge in [-0.3, -0.25) is 9.48 Å². The quantitative estimate of drug-likeness (QED) is 0.562. The molecule has 1 N–H and O–H groups in total. The van der Waals surface area contributed by atoms with Crippen molar-refractivity contribution in [3.8, 4) is 11.3 Å². The van der Waals surface area contributed by atoms with Gasteiger partial charge in [-0.1, -0.05) is 12.1 Å². The number of nitrogens with zero attached hydrogens (tertiary/aromatic N) is 4. The van der Waals surface area contributed by atoms with Crippen molar-refractivity contribution in [1.82, 2.24) is 14.8 Å². The number of methoxy groups -OCH3 is 1. The van der Waals surface area contributed by atoms with E-state index >= 15 is 0 Å². The summed E-state index contributed by atoms with van der Waals surface area (Å²) in [5.74, 6) is 0.205. The van der Waals surface area contributed by atoms with Crippen LogP contribution in [-0.2, 0) is 16.1 Å². The van der Waals surface area contributed by atoms with Crippen LogP contribution in [0.5, 0.6) is 0 Å². The second-order valence-electron chi connectivity index (χ2n) is 7.10. The van der Waals surface area contributed by atoms with E-state index in [1.807, 2.05) is 52.3 Å². The van der Waals surface area contributed by atoms with Gasteiger partial charge >= 0.3 is 0 Å². The van der Waals surface area contributed by atoms with E-state index < -0.39 is 0 Å². The molecule has 29 heavy (non-hydrogen) atoms. The van der Waals surface area contributed by atoms with Crippen molar-refractivity contribution in [3.05, 3.63) is 41.5 Å². The molecule has 2 aromatic heterocycles. The van der Waals surface area contributed by atoms with Gasteiger partial charge in [-0.25, -0.2) is 4.98 Å². The molecule has 1 aromatic carbocycles. The second-order valence-corrected chi connectivity index (χ2v) is 7.95. The third-order valence-electron chi connectivity index (χ3n) is 4.98. The van der Waals surface area contributed by atoms with Gasteiger partial charge < -0.3 is 15.0 Å². The topological polar surface area (TPSA) is 72.3 Å². The summed E-state index contributed by atoms with van der Waals surface area (Å²) >= 11 is 1.56. The second kappa shape index (κ2) is 8.75. The largest absolute Gasteiger partial charge is 0.385 e. The maximum absolute atomic E-state index is 11.9. The number of aryl methyl sites for hydroxylation is 2. The Hall–Kier alpha value is -2.71. The molecule has 152 valence electrons. The third kappa shape index (κ3) is 4.49. The van der Waals surface area contributed by atoms with Gasteiger partial charge in [-0.05, 0) is 31.9 Å². The van der Waals surface area contributed by atoms with Gasteiger partial charge in [0, 0.05) is 56.1 Å². The Kier molecular flexibility index (Phi) is 5.92. The summed E-state index contributed by atoms with van der Waals surface area (Å²) in [4.78, 5) is 18.5. The Morgan fingerprint density at radius 3 is 2.83 bits per heavy atom. The number of amides is 1. The summed E-state index contributed by atoms with van der Waals surface area (Å²) in [5, 5.41) is 10.8. The van der Waals surface area contributed by atoms with Crippen LogP contribution in [0.25, 0.3) is 11.3 Å². The molecule has 1 amide bonds. The van der Waals surface area contributed by atoms with Gasteiger partial charge in [0.05, 0.1) is 17.1 Å². The molecule has 1 saturated heterocycles. The van der Waals surface area contributed by atoms with Crippen molar-refractivity contribution in [3.63, 3.8) is 0 Å². The van der Waals surface area contributed by atoms with Gasteiger partial charge in [-0.15, -0.1) is 11.3 Å². The van der Waals surface area contributed by atoms with E-state index in [1.165, 1.54) is 0 Å². The maximum Gasteiger partial charge on any atom is 0.227 e. The van der Waals surface area contributed by atoms with Crippen LogP contribution in [0.4, 0.5) is 16.5 Å². The third-order valence-corrected chi connectivity index (χ3v) is 5.73. The standard InChI is InChI=1S/C21H25N5O2S/c1-15-18(13-25(24-15)10-4-12-28-2)22-21-23-19(14-29-21)16-6-8-17(9-7-16)26-11-3-5-20(26)27/h6-9,13-14H,3-5,10-12H2,1-2H3,(H,22,23). The molecule has 4 rings (SSSR count). The van der Waals surface area contributed by atoms with E-state index in [9.17, 15) is 4.79 Å². The van der Waals surface area contributed by atoms with E-state index in [0.717, 1.165) is 66.0 Å². The molecule has 0 saturated carbocycles. The first-order valence-corrected chi connectivity index (χ1v) is 10.7. The van der Waals surface area contributed by atoms with Crippen molar-refractivity contribution in [2.24, 2.45) is 0 Å². The van der Waals surface area contributed by atoms with Gasteiger partial charge in [0.15, 0.2) is 5.13 Å². The SMILES string of the molecule is COCCCn1cc(Nc2nc(-c3ccc(N4CCCC4=O)cc3)cs2)c(C)n1. The van der Waals surface area contributed by atoms with Crippen LogP contribution in [0.15, 0.2) is 35.8 Å². The van der Waals surface area contributed by atoms with Gasteiger partial charge in [0.1, 0.15) is 0 Å². The Morgan fingerprint density at radius 1 is 1.28 bits per heavy atom. The smallest absolute Gasteiger partial charge is 0.227 e. The molecule has 7 nitrogen and oxygen atoms in total. The molecule has 0 aliphatic carbocycles. The zero-order chi connectivity index (χ0) is 20.2. The molecule has 1 aliphatic heterocycles. The lowest BCUT2D eigenvalue weighted by Crippen LogP contribution is -2.23. The molecule has 1 fully saturated rings. The molecule has 0 unspecified atom stereocenters. The molecule has 0 radical (unpaired) electrons. The lowest BCUT2D eigenvalue weighted by atomic mass is 10.1. The fourth-order valence-corrected chi connectivity index (χ4v) is 4.17. The number of ether oxygens (including phenoxy) is 1.